The number of aromatic nitrogens is 3. The minimum atomic E-state index is -0.278. The second-order valence-corrected chi connectivity index (χ2v) is 7.63. The van der Waals surface area contributed by atoms with E-state index >= 15 is 0 Å². The van der Waals surface area contributed by atoms with E-state index in [1.54, 1.807) is 25.6 Å². The van der Waals surface area contributed by atoms with Gasteiger partial charge in [0, 0.05) is 43.6 Å². The van der Waals surface area contributed by atoms with Crippen LogP contribution in [-0.4, -0.2) is 52.6 Å². The molecule has 4 rings (SSSR count). The number of piperazine rings is 1. The van der Waals surface area contributed by atoms with Gasteiger partial charge in [-0.3, -0.25) is 4.79 Å². The van der Waals surface area contributed by atoms with Gasteiger partial charge in [-0.05, 0) is 32.9 Å². The van der Waals surface area contributed by atoms with Crippen molar-refractivity contribution in [3.8, 4) is 5.75 Å². The number of hydrogen-bond donors (Lipinski definition) is 2. The summed E-state index contributed by atoms with van der Waals surface area (Å²) in [5.41, 5.74) is 3.08. The monoisotopic (exact) mass is 394 g/mol. The number of anilines is 2. The van der Waals surface area contributed by atoms with E-state index in [0.29, 0.717) is 29.2 Å². The Balaban J connectivity index is 1.52. The van der Waals surface area contributed by atoms with E-state index in [4.69, 9.17) is 4.74 Å². The molecule has 3 aromatic rings. The molecule has 1 amide bonds. The largest absolute Gasteiger partial charge is 0.496 e. The lowest BCUT2D eigenvalue weighted by Crippen LogP contribution is -2.54. The minimum absolute atomic E-state index is 0.278. The van der Waals surface area contributed by atoms with Crippen molar-refractivity contribution in [3.05, 3.63) is 48.0 Å². The highest BCUT2D eigenvalue weighted by atomic mass is 16.5. The fourth-order valence-corrected chi connectivity index (χ4v) is 3.85. The molecule has 29 heavy (non-hydrogen) atoms. The molecule has 1 aliphatic rings. The van der Waals surface area contributed by atoms with Crippen LogP contribution >= 0.6 is 0 Å². The van der Waals surface area contributed by atoms with Gasteiger partial charge in [-0.25, -0.2) is 9.97 Å². The lowest BCUT2D eigenvalue weighted by Gasteiger charge is -2.37. The van der Waals surface area contributed by atoms with Crippen LogP contribution in [0.3, 0.4) is 0 Å². The number of ether oxygens (including phenoxy) is 1. The van der Waals surface area contributed by atoms with Crippen LogP contribution in [0, 0.1) is 6.92 Å². The Kier molecular flexibility index (Phi) is 5.10. The standard InChI is InChI=1S/C21H26N6O2/c1-13-9-26(10-14(2)23-13)16-5-6-19(22-8-16)25-21(28)17-12-27-11-15(3)24-20(27)7-18(17)29-4/h5-8,11-14,23H,9-10H2,1-4H3,(H,22,25,28)/t13-,14+. The molecule has 1 fully saturated rings. The summed E-state index contributed by atoms with van der Waals surface area (Å²) in [6, 6.07) is 6.43. The zero-order valence-corrected chi connectivity index (χ0v) is 17.1. The Morgan fingerprint density at radius 2 is 2.00 bits per heavy atom. The van der Waals surface area contributed by atoms with Crippen LogP contribution in [0.4, 0.5) is 11.5 Å². The zero-order chi connectivity index (χ0) is 20.5. The van der Waals surface area contributed by atoms with Gasteiger partial charge in [-0.15, -0.1) is 0 Å². The van der Waals surface area contributed by atoms with Gasteiger partial charge in [0.1, 0.15) is 17.2 Å². The van der Waals surface area contributed by atoms with Crippen LogP contribution in [0.5, 0.6) is 5.75 Å². The fourth-order valence-electron chi connectivity index (χ4n) is 3.85. The smallest absolute Gasteiger partial charge is 0.262 e. The molecule has 1 aliphatic heterocycles. The second kappa shape index (κ2) is 7.71. The zero-order valence-electron chi connectivity index (χ0n) is 17.1. The summed E-state index contributed by atoms with van der Waals surface area (Å²) in [6.07, 6.45) is 5.40. The van der Waals surface area contributed by atoms with Gasteiger partial charge in [0.2, 0.25) is 0 Å². The molecule has 3 aromatic heterocycles. The predicted molar refractivity (Wildman–Crippen MR) is 113 cm³/mol. The lowest BCUT2D eigenvalue weighted by molar-refractivity contribution is 0.102. The highest BCUT2D eigenvalue weighted by Gasteiger charge is 2.21. The molecule has 2 N–H and O–H groups in total. The first-order valence-corrected chi connectivity index (χ1v) is 9.74. The summed E-state index contributed by atoms with van der Waals surface area (Å²) in [6.45, 7) is 8.12. The molecular weight excluding hydrogens is 368 g/mol. The van der Waals surface area contributed by atoms with Crippen LogP contribution in [-0.2, 0) is 0 Å². The van der Waals surface area contributed by atoms with Crippen LogP contribution < -0.4 is 20.3 Å². The molecule has 8 nitrogen and oxygen atoms in total. The molecule has 152 valence electrons. The number of aryl methyl sites for hydroxylation is 1. The molecule has 0 radical (unpaired) electrons. The lowest BCUT2D eigenvalue weighted by atomic mass is 10.1. The van der Waals surface area contributed by atoms with Crippen molar-refractivity contribution in [1.29, 1.82) is 0 Å². The van der Waals surface area contributed by atoms with Crippen molar-refractivity contribution in [1.82, 2.24) is 19.7 Å². The molecule has 2 atom stereocenters. The van der Waals surface area contributed by atoms with Gasteiger partial charge in [-0.1, -0.05) is 0 Å². The minimum Gasteiger partial charge on any atom is -0.496 e. The summed E-state index contributed by atoms with van der Waals surface area (Å²) in [7, 11) is 1.54. The first kappa shape index (κ1) is 19.2. The molecule has 0 aromatic carbocycles. The number of methoxy groups -OCH3 is 1. The van der Waals surface area contributed by atoms with Crippen LogP contribution in [0.1, 0.15) is 29.9 Å². The highest BCUT2D eigenvalue weighted by molar-refractivity contribution is 6.05. The maximum Gasteiger partial charge on any atom is 0.262 e. The first-order valence-electron chi connectivity index (χ1n) is 9.74. The van der Waals surface area contributed by atoms with Crippen LogP contribution in [0.15, 0.2) is 36.8 Å². The van der Waals surface area contributed by atoms with Crippen LogP contribution in [0.2, 0.25) is 0 Å². The summed E-state index contributed by atoms with van der Waals surface area (Å²) in [5, 5.41) is 6.38. The third-order valence-corrected chi connectivity index (χ3v) is 5.05. The van der Waals surface area contributed by atoms with Gasteiger partial charge < -0.3 is 24.7 Å². The van der Waals surface area contributed by atoms with Gasteiger partial charge >= 0.3 is 0 Å². The van der Waals surface area contributed by atoms with Gasteiger partial charge in [0.05, 0.1) is 30.3 Å². The maximum atomic E-state index is 12.8. The van der Waals surface area contributed by atoms with E-state index < -0.39 is 0 Å². The number of rotatable bonds is 4. The number of nitrogens with zero attached hydrogens (tertiary/aromatic N) is 4. The van der Waals surface area contributed by atoms with Crippen molar-refractivity contribution >= 4 is 23.1 Å². The van der Waals surface area contributed by atoms with Crippen molar-refractivity contribution in [2.24, 2.45) is 0 Å². The van der Waals surface area contributed by atoms with E-state index in [2.05, 4.69) is 39.3 Å². The summed E-state index contributed by atoms with van der Waals surface area (Å²) in [5.74, 6) is 0.694. The van der Waals surface area contributed by atoms with E-state index in [0.717, 1.165) is 30.1 Å². The van der Waals surface area contributed by atoms with E-state index in [9.17, 15) is 4.79 Å². The Bertz CT molecular complexity index is 1020. The molecule has 0 saturated carbocycles. The highest BCUT2D eigenvalue weighted by Crippen LogP contribution is 2.23. The molecule has 0 bridgehead atoms. The first-order chi connectivity index (χ1) is 13.9. The Hall–Kier alpha value is -3.13. The van der Waals surface area contributed by atoms with Crippen molar-refractivity contribution in [3.63, 3.8) is 0 Å². The average Bonchev–Trinajstić information content (AvgIpc) is 3.05. The number of carbonyl (C=O) groups is 1. The number of amides is 1. The Morgan fingerprint density at radius 3 is 2.66 bits per heavy atom. The van der Waals surface area contributed by atoms with Gasteiger partial charge in [-0.2, -0.15) is 0 Å². The molecule has 8 heteroatoms. The number of nitrogens with one attached hydrogen (secondary N) is 2. The average molecular weight is 394 g/mol. The van der Waals surface area contributed by atoms with E-state index in [-0.39, 0.29) is 5.91 Å². The summed E-state index contributed by atoms with van der Waals surface area (Å²) < 4.78 is 7.21. The molecule has 0 aliphatic carbocycles. The quantitative estimate of drug-likeness (QED) is 0.707. The predicted octanol–water partition coefficient (Wildman–Crippen LogP) is 2.49. The number of pyridine rings is 2. The SMILES string of the molecule is COc1cc2nc(C)cn2cc1C(=O)Nc1ccc(N2C[C@@H](C)N[C@@H](C)C2)cn1. The number of hydrogen-bond acceptors (Lipinski definition) is 6. The molecule has 0 unspecified atom stereocenters. The summed E-state index contributed by atoms with van der Waals surface area (Å²) in [4.78, 5) is 24.0. The fraction of sp³-hybridized carbons (Fsp3) is 0.381. The van der Waals surface area contributed by atoms with E-state index in [1.807, 2.05) is 29.7 Å². The van der Waals surface area contributed by atoms with Crippen molar-refractivity contribution in [2.75, 3.05) is 30.4 Å². The van der Waals surface area contributed by atoms with Crippen LogP contribution in [0.25, 0.3) is 5.65 Å². The normalized spacial score (nSPS) is 19.4. The summed E-state index contributed by atoms with van der Waals surface area (Å²) >= 11 is 0. The third kappa shape index (κ3) is 4.02. The van der Waals surface area contributed by atoms with Gasteiger partial charge in [0.25, 0.3) is 5.91 Å². The van der Waals surface area contributed by atoms with E-state index in [1.165, 1.54) is 0 Å². The Morgan fingerprint density at radius 1 is 1.24 bits per heavy atom. The molecule has 1 saturated heterocycles. The van der Waals surface area contributed by atoms with Crippen molar-refractivity contribution < 1.29 is 9.53 Å². The number of carbonyl (C=O) groups excluding carboxylic acids is 1. The topological polar surface area (TPSA) is 83.8 Å². The molecular formula is C21H26N6O2. The Labute approximate surface area is 169 Å². The number of fused-ring (bicyclic) bond motifs is 1. The maximum absolute atomic E-state index is 12.8. The molecule has 4 heterocycles. The number of imidazole rings is 1. The second-order valence-electron chi connectivity index (χ2n) is 7.63. The van der Waals surface area contributed by atoms with Crippen molar-refractivity contribution in [2.45, 2.75) is 32.9 Å². The molecule has 0 spiro atoms. The third-order valence-electron chi connectivity index (χ3n) is 5.05. The van der Waals surface area contributed by atoms with Gasteiger partial charge in [0.15, 0.2) is 0 Å².